The van der Waals surface area contributed by atoms with Gasteiger partial charge in [-0.25, -0.2) is 14.8 Å². The molecule has 0 aliphatic rings. The quantitative estimate of drug-likeness (QED) is 0.592. The molecule has 0 fully saturated rings. The molecule has 9 nitrogen and oxygen atoms in total. The van der Waals surface area contributed by atoms with Crippen LogP contribution in [0.25, 0.3) is 5.95 Å². The minimum atomic E-state index is -0.385. The molecule has 2 aromatic heterocycles. The fraction of sp³-hybridized carbons (Fsp3) is 0.333. The van der Waals surface area contributed by atoms with Gasteiger partial charge >= 0.3 is 6.03 Å². The third kappa shape index (κ3) is 5.77. The van der Waals surface area contributed by atoms with Crippen LogP contribution in [0.1, 0.15) is 25.5 Å². The second-order valence-electron chi connectivity index (χ2n) is 7.32. The average molecular weight is 409 g/mol. The Hall–Kier alpha value is -3.46. The molecule has 0 atom stereocenters. The molecule has 0 aliphatic carbocycles. The summed E-state index contributed by atoms with van der Waals surface area (Å²) in [4.78, 5) is 23.0. The molecule has 30 heavy (non-hydrogen) atoms. The molecule has 3 aromatic rings. The van der Waals surface area contributed by atoms with Crippen molar-refractivity contribution in [3.63, 3.8) is 0 Å². The molecule has 2 amide bonds. The Bertz CT molecular complexity index is 953. The van der Waals surface area contributed by atoms with Crippen LogP contribution in [-0.2, 0) is 0 Å². The van der Waals surface area contributed by atoms with E-state index in [2.05, 4.69) is 30.6 Å². The Morgan fingerprint density at radius 1 is 1.13 bits per heavy atom. The van der Waals surface area contributed by atoms with Crippen molar-refractivity contribution in [2.24, 2.45) is 0 Å². The van der Waals surface area contributed by atoms with Crippen molar-refractivity contribution in [1.29, 1.82) is 0 Å². The largest absolute Gasteiger partial charge is 0.492 e. The first-order valence-electron chi connectivity index (χ1n) is 9.75. The van der Waals surface area contributed by atoms with Gasteiger partial charge in [0.1, 0.15) is 18.2 Å². The number of ether oxygens (including phenoxy) is 1. The Morgan fingerprint density at radius 3 is 2.47 bits per heavy atom. The fourth-order valence-electron chi connectivity index (χ4n) is 2.58. The van der Waals surface area contributed by atoms with Gasteiger partial charge in [0.25, 0.3) is 5.95 Å². The molecular formula is C21H27N7O2. The molecule has 2 N–H and O–H groups in total. The minimum Gasteiger partial charge on any atom is -0.492 e. The van der Waals surface area contributed by atoms with Crippen LogP contribution >= 0.6 is 0 Å². The number of rotatable bonds is 8. The molecule has 0 saturated carbocycles. The standard InChI is InChI=1S/C21H27N7O2/c1-15(2)18-14-19(28(26-18)20-22-10-5-11-23-20)25-21(29)24-16-6-8-17(9-7-16)30-13-12-27(3)4/h5-11,14-15H,12-13H2,1-4H3,(H2,24,25,29). The van der Waals surface area contributed by atoms with Gasteiger partial charge in [-0.15, -0.1) is 0 Å². The summed E-state index contributed by atoms with van der Waals surface area (Å²) in [7, 11) is 3.99. The first kappa shape index (κ1) is 21.3. The zero-order valence-corrected chi connectivity index (χ0v) is 17.7. The lowest BCUT2D eigenvalue weighted by Gasteiger charge is -2.12. The SMILES string of the molecule is CC(C)c1cc(NC(=O)Nc2ccc(OCCN(C)C)cc2)n(-c2ncccn2)n1. The Kier molecular flexibility index (Phi) is 6.97. The zero-order valence-electron chi connectivity index (χ0n) is 17.7. The van der Waals surface area contributed by atoms with E-state index in [0.29, 0.717) is 24.1 Å². The number of carbonyl (C=O) groups is 1. The number of nitrogens with one attached hydrogen (secondary N) is 2. The van der Waals surface area contributed by atoms with Crippen molar-refractivity contribution >= 4 is 17.5 Å². The Labute approximate surface area is 176 Å². The molecule has 0 aliphatic heterocycles. The van der Waals surface area contributed by atoms with Crippen molar-refractivity contribution in [3.05, 3.63) is 54.5 Å². The number of hydrogen-bond donors (Lipinski definition) is 2. The molecule has 0 bridgehead atoms. The first-order chi connectivity index (χ1) is 14.4. The van der Waals surface area contributed by atoms with Crippen molar-refractivity contribution in [2.45, 2.75) is 19.8 Å². The second-order valence-corrected chi connectivity index (χ2v) is 7.32. The van der Waals surface area contributed by atoms with E-state index in [1.54, 1.807) is 30.6 Å². The number of anilines is 2. The number of nitrogens with zero attached hydrogens (tertiary/aromatic N) is 5. The molecule has 9 heteroatoms. The average Bonchev–Trinajstić information content (AvgIpc) is 3.14. The topological polar surface area (TPSA) is 97.2 Å². The van der Waals surface area contributed by atoms with Gasteiger partial charge in [0.05, 0.1) is 5.69 Å². The van der Waals surface area contributed by atoms with Gasteiger partial charge in [-0.05, 0) is 50.3 Å². The summed E-state index contributed by atoms with van der Waals surface area (Å²) in [5.41, 5.74) is 1.48. The summed E-state index contributed by atoms with van der Waals surface area (Å²) in [5.74, 6) is 1.83. The molecule has 0 spiro atoms. The zero-order chi connectivity index (χ0) is 21.5. The maximum atomic E-state index is 12.5. The van der Waals surface area contributed by atoms with Crippen LogP contribution in [0.15, 0.2) is 48.8 Å². The van der Waals surface area contributed by atoms with Crippen molar-refractivity contribution in [2.75, 3.05) is 37.9 Å². The van der Waals surface area contributed by atoms with Crippen molar-refractivity contribution in [1.82, 2.24) is 24.6 Å². The fourth-order valence-corrected chi connectivity index (χ4v) is 2.58. The van der Waals surface area contributed by atoms with Gasteiger partial charge in [0.15, 0.2) is 0 Å². The van der Waals surface area contributed by atoms with E-state index in [1.165, 1.54) is 4.68 Å². The molecule has 3 rings (SSSR count). The first-order valence-corrected chi connectivity index (χ1v) is 9.75. The van der Waals surface area contributed by atoms with Gasteiger partial charge in [-0.2, -0.15) is 9.78 Å². The van der Waals surface area contributed by atoms with Crippen LogP contribution in [0.2, 0.25) is 0 Å². The summed E-state index contributed by atoms with van der Waals surface area (Å²) in [6.45, 7) is 5.50. The van der Waals surface area contributed by atoms with E-state index < -0.39 is 0 Å². The lowest BCUT2D eigenvalue weighted by molar-refractivity contribution is 0.261. The monoisotopic (exact) mass is 409 g/mol. The number of amides is 2. The van der Waals surface area contributed by atoms with E-state index in [1.807, 2.05) is 46.1 Å². The third-order valence-electron chi connectivity index (χ3n) is 4.22. The number of hydrogen-bond acceptors (Lipinski definition) is 6. The molecule has 0 unspecified atom stereocenters. The summed E-state index contributed by atoms with van der Waals surface area (Å²) < 4.78 is 7.19. The molecule has 1 aromatic carbocycles. The lowest BCUT2D eigenvalue weighted by Crippen LogP contribution is -2.21. The van der Waals surface area contributed by atoms with Crippen LogP contribution in [0, 0.1) is 0 Å². The summed E-state index contributed by atoms with van der Waals surface area (Å²) in [6, 6.07) is 10.4. The molecule has 0 saturated heterocycles. The highest BCUT2D eigenvalue weighted by Crippen LogP contribution is 2.21. The predicted octanol–water partition coefficient (Wildman–Crippen LogP) is 3.37. The third-order valence-corrected chi connectivity index (χ3v) is 4.22. The van der Waals surface area contributed by atoms with Gasteiger partial charge in [-0.1, -0.05) is 13.8 Å². The summed E-state index contributed by atoms with van der Waals surface area (Å²) in [5, 5.41) is 10.2. The van der Waals surface area contributed by atoms with E-state index in [4.69, 9.17) is 4.74 Å². The summed E-state index contributed by atoms with van der Waals surface area (Å²) >= 11 is 0. The molecular weight excluding hydrogens is 382 g/mol. The predicted molar refractivity (Wildman–Crippen MR) is 116 cm³/mol. The Morgan fingerprint density at radius 2 is 1.83 bits per heavy atom. The molecule has 2 heterocycles. The van der Waals surface area contributed by atoms with Gasteiger partial charge in [0, 0.05) is 30.7 Å². The van der Waals surface area contributed by atoms with Crippen LogP contribution in [0.4, 0.5) is 16.3 Å². The number of aromatic nitrogens is 4. The normalized spacial score (nSPS) is 11.0. The van der Waals surface area contributed by atoms with Crippen molar-refractivity contribution in [3.8, 4) is 11.7 Å². The lowest BCUT2D eigenvalue weighted by atomic mass is 10.1. The minimum absolute atomic E-state index is 0.193. The van der Waals surface area contributed by atoms with E-state index in [-0.39, 0.29) is 11.9 Å². The highest BCUT2D eigenvalue weighted by molar-refractivity contribution is 5.99. The number of likely N-dealkylation sites (N-methyl/N-ethyl adjacent to an activating group) is 1. The number of carbonyl (C=O) groups excluding carboxylic acids is 1. The molecule has 0 radical (unpaired) electrons. The highest BCUT2D eigenvalue weighted by Gasteiger charge is 2.16. The second kappa shape index (κ2) is 9.84. The van der Waals surface area contributed by atoms with Crippen molar-refractivity contribution < 1.29 is 9.53 Å². The van der Waals surface area contributed by atoms with E-state index in [0.717, 1.165) is 18.0 Å². The van der Waals surface area contributed by atoms with Crippen LogP contribution < -0.4 is 15.4 Å². The summed E-state index contributed by atoms with van der Waals surface area (Å²) in [6.07, 6.45) is 3.26. The van der Waals surface area contributed by atoms with Gasteiger partial charge in [0.2, 0.25) is 0 Å². The highest BCUT2D eigenvalue weighted by atomic mass is 16.5. The Balaban J connectivity index is 1.66. The van der Waals surface area contributed by atoms with E-state index >= 15 is 0 Å². The van der Waals surface area contributed by atoms with E-state index in [9.17, 15) is 4.79 Å². The van der Waals surface area contributed by atoms with Gasteiger partial charge < -0.3 is 15.0 Å². The van der Waals surface area contributed by atoms with Crippen LogP contribution in [0.5, 0.6) is 5.75 Å². The molecule has 158 valence electrons. The number of urea groups is 1. The maximum absolute atomic E-state index is 12.5. The van der Waals surface area contributed by atoms with Crippen LogP contribution in [0.3, 0.4) is 0 Å². The maximum Gasteiger partial charge on any atom is 0.324 e. The van der Waals surface area contributed by atoms with Gasteiger partial charge in [-0.3, -0.25) is 5.32 Å². The van der Waals surface area contributed by atoms with Crippen LogP contribution in [-0.4, -0.2) is 57.9 Å². The number of benzene rings is 1. The smallest absolute Gasteiger partial charge is 0.324 e.